The van der Waals surface area contributed by atoms with E-state index in [1.165, 1.54) is 6.07 Å². The number of nitrogens with one attached hydrogen (secondary N) is 1. The van der Waals surface area contributed by atoms with Gasteiger partial charge in [-0.1, -0.05) is 24.2 Å². The van der Waals surface area contributed by atoms with Crippen LogP contribution in [0.1, 0.15) is 23.8 Å². The van der Waals surface area contributed by atoms with Crippen LogP contribution in [0.3, 0.4) is 0 Å². The lowest BCUT2D eigenvalue weighted by Gasteiger charge is -2.16. The molecule has 7 heteroatoms. The Labute approximate surface area is 150 Å². The van der Waals surface area contributed by atoms with Crippen LogP contribution < -0.4 is 10.9 Å². The third-order valence-corrected chi connectivity index (χ3v) is 4.05. The fraction of sp³-hybridized carbons (Fsp3) is 0.316. The fourth-order valence-electron chi connectivity index (χ4n) is 2.82. The maximum absolute atomic E-state index is 12.1. The molecule has 0 saturated heterocycles. The molecular formula is C19H21N3O4. The molecule has 0 aliphatic heterocycles. The van der Waals surface area contributed by atoms with Gasteiger partial charge in [0.05, 0.1) is 6.54 Å². The molecule has 2 heterocycles. The highest BCUT2D eigenvalue weighted by molar-refractivity contribution is 5.91. The smallest absolute Gasteiger partial charge is 0.336 e. The number of amides is 1. The quantitative estimate of drug-likeness (QED) is 0.684. The molecule has 0 radical (unpaired) electrons. The van der Waals surface area contributed by atoms with Crippen LogP contribution in [0.15, 0.2) is 44.1 Å². The maximum atomic E-state index is 12.1. The molecule has 3 rings (SSSR count). The second-order valence-corrected chi connectivity index (χ2v) is 6.32. The molecule has 2 aromatic heterocycles. The summed E-state index contributed by atoms with van der Waals surface area (Å²) in [6.07, 6.45) is 0.867. The van der Waals surface area contributed by atoms with Crippen LogP contribution in [0.2, 0.25) is 0 Å². The molecule has 0 spiro atoms. The summed E-state index contributed by atoms with van der Waals surface area (Å²) >= 11 is 0. The van der Waals surface area contributed by atoms with Crippen LogP contribution in [0.4, 0.5) is 5.82 Å². The van der Waals surface area contributed by atoms with Crippen LogP contribution in [0.25, 0.3) is 11.0 Å². The Kier molecular flexibility index (Phi) is 5.18. The van der Waals surface area contributed by atoms with E-state index < -0.39 is 5.63 Å². The van der Waals surface area contributed by atoms with Gasteiger partial charge in [0.2, 0.25) is 5.91 Å². The summed E-state index contributed by atoms with van der Waals surface area (Å²) in [7, 11) is 1.81. The molecule has 1 N–H and O–H groups in total. The largest absolute Gasteiger partial charge is 0.423 e. The number of anilines is 1. The highest BCUT2D eigenvalue weighted by Crippen LogP contribution is 2.20. The van der Waals surface area contributed by atoms with Crippen molar-refractivity contribution in [3.8, 4) is 0 Å². The summed E-state index contributed by atoms with van der Waals surface area (Å²) in [6.45, 7) is 4.40. The number of hydrogen-bond donors (Lipinski definition) is 1. The molecule has 0 aliphatic rings. The predicted octanol–water partition coefficient (Wildman–Crippen LogP) is 2.72. The van der Waals surface area contributed by atoms with E-state index in [0.29, 0.717) is 23.7 Å². The van der Waals surface area contributed by atoms with Gasteiger partial charge in [-0.2, -0.15) is 0 Å². The minimum Gasteiger partial charge on any atom is -0.423 e. The van der Waals surface area contributed by atoms with Crippen LogP contribution in [0, 0.1) is 6.92 Å². The Morgan fingerprint density at radius 2 is 2.08 bits per heavy atom. The van der Waals surface area contributed by atoms with Gasteiger partial charge in [0, 0.05) is 24.1 Å². The number of carbonyl (C=O) groups excluding carboxylic acids is 1. The Morgan fingerprint density at radius 3 is 2.77 bits per heavy atom. The van der Waals surface area contributed by atoms with Gasteiger partial charge in [-0.05, 0) is 37.6 Å². The van der Waals surface area contributed by atoms with Crippen molar-refractivity contribution in [2.45, 2.75) is 26.8 Å². The van der Waals surface area contributed by atoms with Crippen molar-refractivity contribution < 1.29 is 13.7 Å². The second kappa shape index (κ2) is 7.53. The molecule has 1 aromatic carbocycles. The average molecular weight is 355 g/mol. The molecular weight excluding hydrogens is 334 g/mol. The maximum Gasteiger partial charge on any atom is 0.336 e. The lowest BCUT2D eigenvalue weighted by molar-refractivity contribution is -0.117. The van der Waals surface area contributed by atoms with E-state index in [2.05, 4.69) is 10.5 Å². The van der Waals surface area contributed by atoms with Gasteiger partial charge in [0.1, 0.15) is 11.3 Å². The number of likely N-dealkylation sites (N-methyl/N-ethyl adjacent to an activating group) is 1. The van der Waals surface area contributed by atoms with E-state index >= 15 is 0 Å². The Bertz CT molecular complexity index is 990. The first-order valence-electron chi connectivity index (χ1n) is 8.42. The minimum absolute atomic E-state index is 0.153. The molecule has 7 nitrogen and oxygen atoms in total. The summed E-state index contributed by atoms with van der Waals surface area (Å²) in [4.78, 5) is 25.8. The number of carbonyl (C=O) groups is 1. The van der Waals surface area contributed by atoms with Gasteiger partial charge in [0.25, 0.3) is 0 Å². The zero-order chi connectivity index (χ0) is 18.7. The van der Waals surface area contributed by atoms with Gasteiger partial charge in [-0.15, -0.1) is 0 Å². The molecule has 1 amide bonds. The van der Waals surface area contributed by atoms with E-state index in [4.69, 9.17) is 8.94 Å². The predicted molar refractivity (Wildman–Crippen MR) is 98.1 cm³/mol. The van der Waals surface area contributed by atoms with Gasteiger partial charge in [-0.3, -0.25) is 9.69 Å². The topological polar surface area (TPSA) is 88.6 Å². The van der Waals surface area contributed by atoms with Crippen LogP contribution in [-0.4, -0.2) is 29.6 Å². The van der Waals surface area contributed by atoms with E-state index in [-0.39, 0.29) is 12.5 Å². The van der Waals surface area contributed by atoms with Crippen LogP contribution in [-0.2, 0) is 17.8 Å². The van der Waals surface area contributed by atoms with Crippen molar-refractivity contribution in [3.05, 3.63) is 57.6 Å². The van der Waals surface area contributed by atoms with E-state index in [1.807, 2.05) is 37.1 Å². The molecule has 0 atom stereocenters. The average Bonchev–Trinajstić information content (AvgIpc) is 2.98. The fourth-order valence-corrected chi connectivity index (χ4v) is 2.82. The van der Waals surface area contributed by atoms with Crippen molar-refractivity contribution in [1.29, 1.82) is 0 Å². The lowest BCUT2D eigenvalue weighted by Crippen LogP contribution is -2.30. The van der Waals surface area contributed by atoms with Crippen molar-refractivity contribution >= 4 is 22.7 Å². The summed E-state index contributed by atoms with van der Waals surface area (Å²) in [5.74, 6) is 0.808. The summed E-state index contributed by atoms with van der Waals surface area (Å²) in [5, 5.41) is 7.29. The molecule has 26 heavy (non-hydrogen) atoms. The first kappa shape index (κ1) is 17.9. The van der Waals surface area contributed by atoms with Gasteiger partial charge >= 0.3 is 5.63 Å². The Balaban J connectivity index is 1.73. The minimum atomic E-state index is -0.392. The zero-order valence-corrected chi connectivity index (χ0v) is 15.0. The number of nitrogens with zero attached hydrogens (tertiary/aromatic N) is 2. The SMILES string of the molecule is CCc1ccc2c(CN(C)CC(=O)Nc3cc(C)on3)cc(=O)oc2c1. The lowest BCUT2D eigenvalue weighted by atomic mass is 10.1. The number of aromatic nitrogens is 1. The molecule has 0 unspecified atom stereocenters. The first-order valence-corrected chi connectivity index (χ1v) is 8.42. The molecule has 0 aliphatic carbocycles. The van der Waals surface area contributed by atoms with Gasteiger partial charge in [-0.25, -0.2) is 4.79 Å². The van der Waals surface area contributed by atoms with E-state index in [0.717, 1.165) is 22.9 Å². The zero-order valence-electron chi connectivity index (χ0n) is 15.0. The van der Waals surface area contributed by atoms with E-state index in [9.17, 15) is 9.59 Å². The summed E-state index contributed by atoms with van der Waals surface area (Å²) < 4.78 is 10.2. The highest BCUT2D eigenvalue weighted by atomic mass is 16.5. The standard InChI is InChI=1S/C19H21N3O4/c1-4-13-5-6-15-14(9-19(24)25-16(15)8-13)10-22(3)11-18(23)20-17-7-12(2)26-21-17/h5-9H,4,10-11H2,1-3H3,(H,20,21,23). The van der Waals surface area contributed by atoms with Crippen molar-refractivity contribution in [3.63, 3.8) is 0 Å². The van der Waals surface area contributed by atoms with Crippen molar-refractivity contribution in [2.24, 2.45) is 0 Å². The summed E-state index contributed by atoms with van der Waals surface area (Å²) in [6, 6.07) is 8.99. The molecule has 3 aromatic rings. The first-order chi connectivity index (χ1) is 12.4. The number of aryl methyl sites for hydroxylation is 2. The monoisotopic (exact) mass is 355 g/mol. The van der Waals surface area contributed by atoms with Gasteiger partial charge < -0.3 is 14.3 Å². The number of rotatable bonds is 6. The van der Waals surface area contributed by atoms with Gasteiger partial charge in [0.15, 0.2) is 5.82 Å². The third-order valence-electron chi connectivity index (χ3n) is 4.05. The molecule has 0 bridgehead atoms. The molecule has 136 valence electrons. The summed E-state index contributed by atoms with van der Waals surface area (Å²) in [5.41, 5.74) is 2.11. The van der Waals surface area contributed by atoms with Crippen molar-refractivity contribution in [2.75, 3.05) is 18.9 Å². The molecule has 0 saturated carbocycles. The van der Waals surface area contributed by atoms with Crippen molar-refractivity contribution in [1.82, 2.24) is 10.1 Å². The normalized spacial score (nSPS) is 11.2. The second-order valence-electron chi connectivity index (χ2n) is 6.32. The van der Waals surface area contributed by atoms with E-state index in [1.54, 1.807) is 13.0 Å². The highest BCUT2D eigenvalue weighted by Gasteiger charge is 2.13. The third kappa shape index (κ3) is 4.18. The number of benzene rings is 1. The Hall–Kier alpha value is -2.93. The molecule has 0 fully saturated rings. The van der Waals surface area contributed by atoms with Crippen LogP contribution in [0.5, 0.6) is 0 Å². The number of fused-ring (bicyclic) bond motifs is 1. The number of hydrogen-bond acceptors (Lipinski definition) is 6. The van der Waals surface area contributed by atoms with Crippen LogP contribution >= 0.6 is 0 Å². The Morgan fingerprint density at radius 1 is 1.27 bits per heavy atom.